The summed E-state index contributed by atoms with van der Waals surface area (Å²) in [5.74, 6) is -0.299. The van der Waals surface area contributed by atoms with Gasteiger partial charge in [0.25, 0.3) is 11.6 Å². The first-order valence-electron chi connectivity index (χ1n) is 6.81. The van der Waals surface area contributed by atoms with E-state index in [4.69, 9.17) is 11.6 Å². The first-order chi connectivity index (χ1) is 11.5. The van der Waals surface area contributed by atoms with Gasteiger partial charge in [-0.1, -0.05) is 35.9 Å². The number of nitro groups is 1. The molecule has 2 aromatic rings. The summed E-state index contributed by atoms with van der Waals surface area (Å²) in [4.78, 5) is 27.1. The van der Waals surface area contributed by atoms with Crippen molar-refractivity contribution in [2.45, 2.75) is 0 Å². The standard InChI is InChI=1S/C16H10ClN3O3S/c17-12-7-6-10(8-13(12)20(22)23)9-14-15(21)19-16(24-14)18-11-4-2-1-3-5-11/h1-9H,(H,18,19,21)/b14-9-. The molecule has 120 valence electrons. The lowest BCUT2D eigenvalue weighted by Crippen LogP contribution is -2.19. The number of para-hydroxylation sites is 1. The molecule has 0 saturated carbocycles. The van der Waals surface area contributed by atoms with Crippen molar-refractivity contribution in [2.75, 3.05) is 0 Å². The Kier molecular flexibility index (Phi) is 4.64. The van der Waals surface area contributed by atoms with Crippen LogP contribution in [-0.4, -0.2) is 16.0 Å². The van der Waals surface area contributed by atoms with Gasteiger partial charge < -0.3 is 5.32 Å². The highest BCUT2D eigenvalue weighted by molar-refractivity contribution is 8.18. The van der Waals surface area contributed by atoms with Gasteiger partial charge in [0.1, 0.15) is 5.02 Å². The minimum Gasteiger partial charge on any atom is -0.300 e. The maximum absolute atomic E-state index is 12.0. The Labute approximate surface area is 146 Å². The van der Waals surface area contributed by atoms with Gasteiger partial charge in [0.2, 0.25) is 0 Å². The summed E-state index contributed by atoms with van der Waals surface area (Å²) in [6.45, 7) is 0. The first-order valence-corrected chi connectivity index (χ1v) is 8.01. The van der Waals surface area contributed by atoms with E-state index < -0.39 is 4.92 Å². The first kappa shape index (κ1) is 16.2. The number of rotatable bonds is 3. The molecule has 6 nitrogen and oxygen atoms in total. The number of aliphatic imine (C=N–C) groups is 1. The summed E-state index contributed by atoms with van der Waals surface area (Å²) >= 11 is 6.96. The lowest BCUT2D eigenvalue weighted by Gasteiger charge is -1.98. The van der Waals surface area contributed by atoms with Crippen molar-refractivity contribution in [3.8, 4) is 0 Å². The number of hydrogen-bond acceptors (Lipinski definition) is 5. The molecule has 1 fully saturated rings. The van der Waals surface area contributed by atoms with E-state index in [9.17, 15) is 14.9 Å². The largest absolute Gasteiger partial charge is 0.300 e. The highest BCUT2D eigenvalue weighted by Crippen LogP contribution is 2.30. The fourth-order valence-corrected chi connectivity index (χ4v) is 3.04. The molecule has 1 aliphatic heterocycles. The van der Waals surface area contributed by atoms with Crippen LogP contribution in [0.4, 0.5) is 11.4 Å². The van der Waals surface area contributed by atoms with E-state index in [1.165, 1.54) is 23.9 Å². The Bertz CT molecular complexity index is 881. The molecular weight excluding hydrogens is 350 g/mol. The van der Waals surface area contributed by atoms with E-state index in [-0.39, 0.29) is 16.6 Å². The number of amidine groups is 1. The van der Waals surface area contributed by atoms with E-state index in [0.717, 1.165) is 5.69 Å². The highest BCUT2D eigenvalue weighted by Gasteiger charge is 2.24. The summed E-state index contributed by atoms with van der Waals surface area (Å²) in [6.07, 6.45) is 1.57. The summed E-state index contributed by atoms with van der Waals surface area (Å²) in [5.41, 5.74) is 1.04. The number of nitrogens with one attached hydrogen (secondary N) is 1. The van der Waals surface area contributed by atoms with E-state index in [0.29, 0.717) is 15.6 Å². The van der Waals surface area contributed by atoms with Gasteiger partial charge in [0.15, 0.2) is 5.17 Å². The summed E-state index contributed by atoms with van der Waals surface area (Å²) < 4.78 is 0. The second-order valence-corrected chi connectivity index (χ2v) is 6.22. The summed E-state index contributed by atoms with van der Waals surface area (Å²) in [6, 6.07) is 13.6. The van der Waals surface area contributed by atoms with Crippen LogP contribution in [0.15, 0.2) is 58.4 Å². The Balaban J connectivity index is 1.87. The average molecular weight is 360 g/mol. The van der Waals surface area contributed by atoms with Crippen LogP contribution in [0.5, 0.6) is 0 Å². The third-order valence-corrected chi connectivity index (χ3v) is 4.33. The van der Waals surface area contributed by atoms with Crippen LogP contribution in [-0.2, 0) is 4.79 Å². The molecule has 0 aromatic heterocycles. The van der Waals surface area contributed by atoms with Gasteiger partial charge in [-0.25, -0.2) is 4.99 Å². The third kappa shape index (κ3) is 3.64. The number of thioether (sulfide) groups is 1. The molecule has 0 aliphatic carbocycles. The fraction of sp³-hybridized carbons (Fsp3) is 0. The monoisotopic (exact) mass is 359 g/mol. The van der Waals surface area contributed by atoms with Crippen LogP contribution in [0.2, 0.25) is 5.02 Å². The van der Waals surface area contributed by atoms with E-state index in [2.05, 4.69) is 10.3 Å². The van der Waals surface area contributed by atoms with E-state index >= 15 is 0 Å². The molecule has 2 aromatic carbocycles. The zero-order valence-corrected chi connectivity index (χ0v) is 13.7. The predicted octanol–water partition coefficient (Wildman–Crippen LogP) is 4.14. The lowest BCUT2D eigenvalue weighted by atomic mass is 10.2. The quantitative estimate of drug-likeness (QED) is 0.507. The number of hydrogen-bond donors (Lipinski definition) is 1. The number of halogens is 1. The van der Waals surface area contributed by atoms with Crippen LogP contribution < -0.4 is 5.32 Å². The van der Waals surface area contributed by atoms with E-state index in [1.54, 1.807) is 12.1 Å². The molecule has 1 N–H and O–H groups in total. The van der Waals surface area contributed by atoms with Gasteiger partial charge in [0, 0.05) is 6.07 Å². The molecule has 0 unspecified atom stereocenters. The third-order valence-electron chi connectivity index (χ3n) is 3.10. The molecule has 1 aliphatic rings. The number of benzene rings is 2. The number of amides is 1. The van der Waals surface area contributed by atoms with Crippen molar-refractivity contribution in [1.29, 1.82) is 0 Å². The van der Waals surface area contributed by atoms with Gasteiger partial charge >= 0.3 is 0 Å². The number of nitro benzene ring substituents is 1. The molecular formula is C16H10ClN3O3S. The predicted molar refractivity (Wildman–Crippen MR) is 95.4 cm³/mol. The van der Waals surface area contributed by atoms with Crippen LogP contribution in [0.25, 0.3) is 6.08 Å². The van der Waals surface area contributed by atoms with Crippen molar-refractivity contribution in [3.05, 3.63) is 74.1 Å². The van der Waals surface area contributed by atoms with Crippen LogP contribution in [0.3, 0.4) is 0 Å². The Morgan fingerprint density at radius 3 is 2.67 bits per heavy atom. The fourth-order valence-electron chi connectivity index (χ4n) is 2.01. The second-order valence-electron chi connectivity index (χ2n) is 4.79. The maximum Gasteiger partial charge on any atom is 0.288 e. The molecule has 8 heteroatoms. The molecule has 0 spiro atoms. The van der Waals surface area contributed by atoms with Crippen molar-refractivity contribution >= 4 is 51.9 Å². The molecule has 3 rings (SSSR count). The number of nitrogens with zero attached hydrogens (tertiary/aromatic N) is 2. The van der Waals surface area contributed by atoms with Gasteiger partial charge in [0.05, 0.1) is 15.5 Å². The maximum atomic E-state index is 12.0. The lowest BCUT2D eigenvalue weighted by molar-refractivity contribution is -0.384. The number of carbonyl (C=O) groups excluding carboxylic acids is 1. The smallest absolute Gasteiger partial charge is 0.288 e. The van der Waals surface area contributed by atoms with Gasteiger partial charge in [-0.3, -0.25) is 14.9 Å². The summed E-state index contributed by atoms with van der Waals surface area (Å²) in [5, 5.41) is 14.1. The molecule has 1 saturated heterocycles. The topological polar surface area (TPSA) is 84.6 Å². The molecule has 24 heavy (non-hydrogen) atoms. The molecule has 0 radical (unpaired) electrons. The van der Waals surface area contributed by atoms with Crippen molar-refractivity contribution in [3.63, 3.8) is 0 Å². The summed E-state index contributed by atoms with van der Waals surface area (Å²) in [7, 11) is 0. The normalized spacial score (nSPS) is 17.3. The van der Waals surface area contributed by atoms with Gasteiger partial charge in [-0.15, -0.1) is 0 Å². The van der Waals surface area contributed by atoms with Gasteiger partial charge in [-0.05, 0) is 41.6 Å². The zero-order valence-electron chi connectivity index (χ0n) is 12.1. The molecule has 1 heterocycles. The van der Waals surface area contributed by atoms with E-state index in [1.807, 2.05) is 30.3 Å². The molecule has 1 amide bonds. The van der Waals surface area contributed by atoms with Gasteiger partial charge in [-0.2, -0.15) is 0 Å². The Hall–Kier alpha value is -2.64. The van der Waals surface area contributed by atoms with Crippen molar-refractivity contribution < 1.29 is 9.72 Å². The Morgan fingerprint density at radius 1 is 1.21 bits per heavy atom. The van der Waals surface area contributed by atoms with Crippen LogP contribution in [0, 0.1) is 10.1 Å². The minimum atomic E-state index is -0.561. The van der Waals surface area contributed by atoms with Crippen LogP contribution >= 0.6 is 23.4 Å². The second kappa shape index (κ2) is 6.86. The molecule has 0 bridgehead atoms. The SMILES string of the molecule is O=C1NC(=Nc2ccccc2)S/C1=C\c1ccc(Cl)c([N+](=O)[O-])c1. The molecule has 0 atom stereocenters. The van der Waals surface area contributed by atoms with Crippen LogP contribution in [0.1, 0.15) is 5.56 Å². The van der Waals surface area contributed by atoms with Crippen molar-refractivity contribution in [2.24, 2.45) is 4.99 Å². The zero-order chi connectivity index (χ0) is 17.1. The van der Waals surface area contributed by atoms with Crippen molar-refractivity contribution in [1.82, 2.24) is 5.32 Å². The average Bonchev–Trinajstić information content (AvgIpc) is 2.89. The number of carbonyl (C=O) groups is 1. The minimum absolute atomic E-state index is 0.0528. The Morgan fingerprint density at radius 2 is 1.96 bits per heavy atom. The highest BCUT2D eigenvalue weighted by atomic mass is 35.5.